The van der Waals surface area contributed by atoms with Gasteiger partial charge in [-0.2, -0.15) is 4.99 Å². The second-order valence-corrected chi connectivity index (χ2v) is 4.79. The van der Waals surface area contributed by atoms with Crippen LogP contribution >= 0.6 is 0 Å². The van der Waals surface area contributed by atoms with Crippen molar-refractivity contribution in [2.45, 2.75) is 51.2 Å². The summed E-state index contributed by atoms with van der Waals surface area (Å²) in [6.07, 6.45) is 3.85. The van der Waals surface area contributed by atoms with Gasteiger partial charge in [0.25, 0.3) is 0 Å². The number of amidine groups is 1. The van der Waals surface area contributed by atoms with Crippen molar-refractivity contribution < 1.29 is 9.53 Å². The summed E-state index contributed by atoms with van der Waals surface area (Å²) in [4.78, 5) is 17.5. The molecular formula is C12H21N3O2. The molecule has 1 fully saturated rings. The summed E-state index contributed by atoms with van der Waals surface area (Å²) in [5, 5.41) is 0. The lowest BCUT2D eigenvalue weighted by Crippen LogP contribution is -2.58. The van der Waals surface area contributed by atoms with Gasteiger partial charge in [-0.25, -0.2) is 4.79 Å². The predicted molar refractivity (Wildman–Crippen MR) is 66.0 cm³/mol. The fourth-order valence-electron chi connectivity index (χ4n) is 2.94. The molecule has 2 aliphatic heterocycles. The molecule has 0 aromatic heterocycles. The average Bonchev–Trinajstić information content (AvgIpc) is 2.51. The van der Waals surface area contributed by atoms with Gasteiger partial charge in [-0.1, -0.05) is 13.3 Å². The van der Waals surface area contributed by atoms with Crippen molar-refractivity contribution in [3.63, 3.8) is 0 Å². The standard InChI is InChI=1S/C12H21N3O2/c1-3-5-9-8-12(6-7-17-9)10(13)14-11(16)15(12)4-2/h9H,3-8H2,1-2H3,(H2,13,14,16). The van der Waals surface area contributed by atoms with Gasteiger partial charge in [-0.15, -0.1) is 0 Å². The van der Waals surface area contributed by atoms with Gasteiger partial charge in [0.2, 0.25) is 0 Å². The molecule has 17 heavy (non-hydrogen) atoms. The SMILES string of the molecule is CCCC1CC2(CCO1)C(N)=NC(=O)N2CC. The highest BCUT2D eigenvalue weighted by molar-refractivity contribution is 6.05. The minimum absolute atomic E-state index is 0.192. The number of nitrogens with two attached hydrogens (primary N) is 1. The van der Waals surface area contributed by atoms with Crippen LogP contribution in [0.25, 0.3) is 0 Å². The van der Waals surface area contributed by atoms with Crippen LogP contribution in [0.2, 0.25) is 0 Å². The lowest BCUT2D eigenvalue weighted by Gasteiger charge is -2.43. The van der Waals surface area contributed by atoms with Crippen molar-refractivity contribution in [3.8, 4) is 0 Å². The summed E-state index contributed by atoms with van der Waals surface area (Å²) in [7, 11) is 0. The normalized spacial score (nSPS) is 33.3. The third-order valence-corrected chi connectivity index (χ3v) is 3.80. The van der Waals surface area contributed by atoms with Crippen LogP contribution < -0.4 is 5.73 Å². The van der Waals surface area contributed by atoms with E-state index >= 15 is 0 Å². The van der Waals surface area contributed by atoms with Gasteiger partial charge < -0.3 is 15.4 Å². The first kappa shape index (κ1) is 12.4. The third kappa shape index (κ3) is 1.92. The zero-order valence-corrected chi connectivity index (χ0v) is 10.6. The summed E-state index contributed by atoms with van der Waals surface area (Å²) in [5.41, 5.74) is 5.62. The van der Waals surface area contributed by atoms with Crippen LogP contribution in [0.3, 0.4) is 0 Å². The molecule has 0 bridgehead atoms. The summed E-state index contributed by atoms with van der Waals surface area (Å²) in [6, 6.07) is -0.192. The number of ether oxygens (including phenoxy) is 1. The number of likely N-dealkylation sites (N-methyl/N-ethyl adjacent to an activating group) is 1. The molecule has 2 unspecified atom stereocenters. The highest BCUT2D eigenvalue weighted by Crippen LogP contribution is 2.36. The Balaban J connectivity index is 2.21. The van der Waals surface area contributed by atoms with Gasteiger partial charge in [-0.05, 0) is 13.3 Å². The molecule has 2 amide bonds. The maximum Gasteiger partial charge on any atom is 0.346 e. The topological polar surface area (TPSA) is 67.9 Å². The molecule has 5 heteroatoms. The number of nitrogens with zero attached hydrogens (tertiary/aromatic N) is 2. The Morgan fingerprint density at radius 2 is 2.35 bits per heavy atom. The molecule has 1 saturated heterocycles. The highest BCUT2D eigenvalue weighted by atomic mass is 16.5. The predicted octanol–water partition coefficient (Wildman–Crippen LogP) is 1.52. The lowest BCUT2D eigenvalue weighted by molar-refractivity contribution is -0.0361. The van der Waals surface area contributed by atoms with E-state index < -0.39 is 0 Å². The highest BCUT2D eigenvalue weighted by Gasteiger charge is 2.50. The van der Waals surface area contributed by atoms with Crippen LogP contribution in [0.5, 0.6) is 0 Å². The second-order valence-electron chi connectivity index (χ2n) is 4.79. The number of amides is 2. The van der Waals surface area contributed by atoms with E-state index in [1.54, 1.807) is 4.90 Å². The second kappa shape index (κ2) is 4.64. The Labute approximate surface area is 102 Å². The summed E-state index contributed by atoms with van der Waals surface area (Å²) < 4.78 is 5.73. The summed E-state index contributed by atoms with van der Waals surface area (Å²) in [5.74, 6) is 0.480. The van der Waals surface area contributed by atoms with Gasteiger partial charge in [0, 0.05) is 26.0 Å². The number of hydrogen-bond donors (Lipinski definition) is 1. The maximum absolute atomic E-state index is 11.8. The van der Waals surface area contributed by atoms with E-state index in [9.17, 15) is 4.79 Å². The largest absolute Gasteiger partial charge is 0.385 e. The van der Waals surface area contributed by atoms with Crippen LogP contribution in [0.4, 0.5) is 4.79 Å². The van der Waals surface area contributed by atoms with E-state index in [0.717, 1.165) is 25.7 Å². The fourth-order valence-corrected chi connectivity index (χ4v) is 2.94. The molecule has 0 saturated carbocycles. The number of hydrogen-bond acceptors (Lipinski definition) is 3. The van der Waals surface area contributed by atoms with Gasteiger partial charge in [0.15, 0.2) is 0 Å². The van der Waals surface area contributed by atoms with Crippen LogP contribution in [0.15, 0.2) is 4.99 Å². The molecule has 2 aliphatic rings. The van der Waals surface area contributed by atoms with E-state index in [4.69, 9.17) is 10.5 Å². The quantitative estimate of drug-likeness (QED) is 0.811. The number of urea groups is 1. The zero-order chi connectivity index (χ0) is 12.5. The van der Waals surface area contributed by atoms with Crippen LogP contribution in [0.1, 0.15) is 39.5 Å². The Morgan fingerprint density at radius 1 is 1.59 bits per heavy atom. The molecule has 2 atom stereocenters. The van der Waals surface area contributed by atoms with Crippen molar-refractivity contribution in [3.05, 3.63) is 0 Å². The van der Waals surface area contributed by atoms with Crippen LogP contribution in [-0.2, 0) is 4.74 Å². The molecule has 0 aromatic carbocycles. The number of rotatable bonds is 3. The maximum atomic E-state index is 11.8. The van der Waals surface area contributed by atoms with E-state index in [0.29, 0.717) is 19.0 Å². The molecule has 1 spiro atoms. The molecule has 5 nitrogen and oxygen atoms in total. The molecule has 2 N–H and O–H groups in total. The minimum atomic E-state index is -0.371. The first-order chi connectivity index (χ1) is 8.14. The first-order valence-electron chi connectivity index (χ1n) is 6.42. The minimum Gasteiger partial charge on any atom is -0.385 e. The molecule has 0 aromatic rings. The van der Waals surface area contributed by atoms with Gasteiger partial charge in [0.05, 0.1) is 6.10 Å². The first-order valence-corrected chi connectivity index (χ1v) is 6.42. The van der Waals surface area contributed by atoms with Crippen molar-refractivity contribution in [1.82, 2.24) is 4.90 Å². The van der Waals surface area contributed by atoms with Crippen molar-refractivity contribution in [2.24, 2.45) is 10.7 Å². The average molecular weight is 239 g/mol. The van der Waals surface area contributed by atoms with Crippen molar-refractivity contribution >= 4 is 11.9 Å². The molecular weight excluding hydrogens is 218 g/mol. The van der Waals surface area contributed by atoms with E-state index in [1.807, 2.05) is 6.92 Å². The monoisotopic (exact) mass is 239 g/mol. The Morgan fingerprint density at radius 3 is 3.00 bits per heavy atom. The lowest BCUT2D eigenvalue weighted by atomic mass is 9.83. The van der Waals surface area contributed by atoms with Gasteiger partial charge >= 0.3 is 6.03 Å². The zero-order valence-electron chi connectivity index (χ0n) is 10.6. The summed E-state index contributed by atoms with van der Waals surface area (Å²) in [6.45, 7) is 5.42. The van der Waals surface area contributed by atoms with E-state index in [2.05, 4.69) is 11.9 Å². The van der Waals surface area contributed by atoms with E-state index in [1.165, 1.54) is 0 Å². The summed E-state index contributed by atoms with van der Waals surface area (Å²) >= 11 is 0. The Kier molecular flexibility index (Phi) is 3.38. The number of carbonyl (C=O) groups is 1. The number of aliphatic imine (C=N–C) groups is 1. The Hall–Kier alpha value is -1.10. The van der Waals surface area contributed by atoms with Gasteiger partial charge in [0.1, 0.15) is 11.4 Å². The molecule has 0 aliphatic carbocycles. The van der Waals surface area contributed by atoms with Crippen molar-refractivity contribution in [2.75, 3.05) is 13.2 Å². The molecule has 2 heterocycles. The van der Waals surface area contributed by atoms with Crippen LogP contribution in [-0.4, -0.2) is 41.6 Å². The van der Waals surface area contributed by atoms with Crippen LogP contribution in [0, 0.1) is 0 Å². The van der Waals surface area contributed by atoms with E-state index in [-0.39, 0.29) is 17.7 Å². The third-order valence-electron chi connectivity index (χ3n) is 3.80. The smallest absolute Gasteiger partial charge is 0.346 e. The molecule has 0 radical (unpaired) electrons. The van der Waals surface area contributed by atoms with Gasteiger partial charge in [-0.3, -0.25) is 0 Å². The van der Waals surface area contributed by atoms with Crippen molar-refractivity contribution in [1.29, 1.82) is 0 Å². The molecule has 96 valence electrons. The number of carbonyl (C=O) groups excluding carboxylic acids is 1. The fraction of sp³-hybridized carbons (Fsp3) is 0.833. The Bertz CT molecular complexity index is 341. The molecule has 2 rings (SSSR count).